The lowest BCUT2D eigenvalue weighted by Gasteiger charge is -2.10. The van der Waals surface area contributed by atoms with Crippen LogP contribution in [0.5, 0.6) is 0 Å². The molecular weight excluding hydrogens is 318 g/mol. The summed E-state index contributed by atoms with van der Waals surface area (Å²) in [5.74, 6) is -0.501. The van der Waals surface area contributed by atoms with Crippen molar-refractivity contribution < 1.29 is 21.6 Å². The molecule has 0 radical (unpaired) electrons. The third-order valence-corrected chi connectivity index (χ3v) is 5.07. The molecule has 8 nitrogen and oxygen atoms in total. The topological polar surface area (TPSA) is 135 Å². The lowest BCUT2D eigenvalue weighted by Crippen LogP contribution is -2.37. The van der Waals surface area contributed by atoms with Gasteiger partial charge in [0.05, 0.1) is 17.1 Å². The summed E-state index contributed by atoms with van der Waals surface area (Å²) in [6, 6.07) is 3.37. The van der Waals surface area contributed by atoms with Crippen LogP contribution in [-0.2, 0) is 24.7 Å². The summed E-state index contributed by atoms with van der Waals surface area (Å²) in [5.41, 5.74) is 5.46. The SMILES string of the molecule is CCNC(=O)CNS(=O)(=O)c1cc(S(C)(=O)=O)ccc1N. The van der Waals surface area contributed by atoms with Crippen molar-refractivity contribution in [2.45, 2.75) is 16.7 Å². The van der Waals surface area contributed by atoms with Crippen LogP contribution in [0.3, 0.4) is 0 Å². The Hall–Kier alpha value is -1.65. The van der Waals surface area contributed by atoms with Gasteiger partial charge in [-0.05, 0) is 25.1 Å². The molecule has 0 aromatic heterocycles. The lowest BCUT2D eigenvalue weighted by atomic mass is 10.3. The van der Waals surface area contributed by atoms with Gasteiger partial charge in [-0.15, -0.1) is 0 Å². The highest BCUT2D eigenvalue weighted by Gasteiger charge is 2.21. The molecule has 0 atom stereocenters. The zero-order valence-corrected chi connectivity index (χ0v) is 13.2. The Morgan fingerprint density at radius 1 is 1.24 bits per heavy atom. The Kier molecular flexibility index (Phi) is 5.31. The summed E-state index contributed by atoms with van der Waals surface area (Å²) in [4.78, 5) is 10.7. The largest absolute Gasteiger partial charge is 0.398 e. The van der Waals surface area contributed by atoms with Gasteiger partial charge in [0.1, 0.15) is 4.90 Å². The van der Waals surface area contributed by atoms with Gasteiger partial charge in [-0.25, -0.2) is 21.6 Å². The summed E-state index contributed by atoms with van der Waals surface area (Å²) in [7, 11) is -7.66. The van der Waals surface area contributed by atoms with Crippen LogP contribution in [0.2, 0.25) is 0 Å². The molecular formula is C11H17N3O5S2. The van der Waals surface area contributed by atoms with Crippen LogP contribution >= 0.6 is 0 Å². The van der Waals surface area contributed by atoms with Crippen LogP contribution < -0.4 is 15.8 Å². The van der Waals surface area contributed by atoms with Crippen molar-refractivity contribution in [2.24, 2.45) is 0 Å². The van der Waals surface area contributed by atoms with Crippen LogP contribution in [0, 0.1) is 0 Å². The lowest BCUT2D eigenvalue weighted by molar-refractivity contribution is -0.119. The zero-order valence-electron chi connectivity index (χ0n) is 11.6. The number of anilines is 1. The number of hydrogen-bond acceptors (Lipinski definition) is 6. The fraction of sp³-hybridized carbons (Fsp3) is 0.364. The molecule has 4 N–H and O–H groups in total. The van der Waals surface area contributed by atoms with E-state index < -0.39 is 32.3 Å². The second kappa shape index (κ2) is 6.41. The second-order valence-electron chi connectivity index (χ2n) is 4.25. The first-order valence-electron chi connectivity index (χ1n) is 5.94. The van der Waals surface area contributed by atoms with Gasteiger partial charge in [0.15, 0.2) is 9.84 Å². The summed E-state index contributed by atoms with van der Waals surface area (Å²) < 4.78 is 49.1. The van der Waals surface area contributed by atoms with Gasteiger partial charge in [0.25, 0.3) is 0 Å². The molecule has 0 aliphatic carbocycles. The van der Waals surface area contributed by atoms with Gasteiger partial charge in [-0.2, -0.15) is 0 Å². The highest BCUT2D eigenvalue weighted by molar-refractivity contribution is 7.91. The molecule has 1 amide bonds. The van der Waals surface area contributed by atoms with E-state index >= 15 is 0 Å². The first-order valence-corrected chi connectivity index (χ1v) is 9.31. The molecule has 0 saturated heterocycles. The first kappa shape index (κ1) is 17.4. The first-order chi connectivity index (χ1) is 9.58. The number of carbonyl (C=O) groups excluding carboxylic acids is 1. The Labute approximate surface area is 123 Å². The third-order valence-electron chi connectivity index (χ3n) is 2.50. The maximum atomic E-state index is 12.1. The number of nitrogens with one attached hydrogen (secondary N) is 2. The zero-order chi connectivity index (χ0) is 16.3. The predicted molar refractivity (Wildman–Crippen MR) is 77.8 cm³/mol. The average molecular weight is 335 g/mol. The minimum Gasteiger partial charge on any atom is -0.398 e. The molecule has 1 aromatic carbocycles. The number of rotatable bonds is 6. The van der Waals surface area contributed by atoms with E-state index in [1.807, 2.05) is 0 Å². The van der Waals surface area contributed by atoms with E-state index in [0.717, 1.165) is 12.3 Å². The van der Waals surface area contributed by atoms with Crippen molar-refractivity contribution in [2.75, 3.05) is 25.1 Å². The number of carbonyl (C=O) groups is 1. The number of likely N-dealkylation sites (N-methyl/N-ethyl adjacent to an activating group) is 1. The molecule has 21 heavy (non-hydrogen) atoms. The predicted octanol–water partition coefficient (Wildman–Crippen LogP) is -0.913. The van der Waals surface area contributed by atoms with Gasteiger partial charge in [0, 0.05) is 12.8 Å². The van der Waals surface area contributed by atoms with Gasteiger partial charge in [-0.3, -0.25) is 4.79 Å². The van der Waals surface area contributed by atoms with Crippen molar-refractivity contribution >= 4 is 31.5 Å². The number of nitrogen functional groups attached to an aromatic ring is 1. The standard InChI is InChI=1S/C11H17N3O5S2/c1-3-13-11(15)7-14-21(18,19)10-6-8(20(2,16)17)4-5-9(10)12/h4-6,14H,3,7,12H2,1-2H3,(H,13,15). The minimum atomic E-state index is -4.09. The Morgan fingerprint density at radius 2 is 1.86 bits per heavy atom. The van der Waals surface area contributed by atoms with E-state index in [0.29, 0.717) is 6.54 Å². The van der Waals surface area contributed by atoms with Gasteiger partial charge in [0.2, 0.25) is 15.9 Å². The molecule has 118 valence electrons. The molecule has 0 bridgehead atoms. The molecule has 1 aromatic rings. The summed E-state index contributed by atoms with van der Waals surface area (Å²) in [6.45, 7) is 1.60. The number of sulfone groups is 1. The molecule has 0 aliphatic heterocycles. The van der Waals surface area contributed by atoms with E-state index in [9.17, 15) is 21.6 Å². The van der Waals surface area contributed by atoms with Crippen LogP contribution in [-0.4, -0.2) is 42.1 Å². The molecule has 0 spiro atoms. The van der Waals surface area contributed by atoms with Crippen LogP contribution in [0.4, 0.5) is 5.69 Å². The number of amides is 1. The number of hydrogen-bond donors (Lipinski definition) is 3. The normalized spacial score (nSPS) is 12.1. The highest BCUT2D eigenvalue weighted by atomic mass is 32.2. The maximum Gasteiger partial charge on any atom is 0.243 e. The quantitative estimate of drug-likeness (QED) is 0.576. The second-order valence-corrected chi connectivity index (χ2v) is 8.00. The van der Waals surface area contributed by atoms with Crippen molar-refractivity contribution in [1.29, 1.82) is 0 Å². The van der Waals surface area contributed by atoms with Gasteiger partial charge < -0.3 is 11.1 Å². The van der Waals surface area contributed by atoms with Crippen LogP contribution in [0.15, 0.2) is 28.0 Å². The van der Waals surface area contributed by atoms with Crippen molar-refractivity contribution in [3.8, 4) is 0 Å². The van der Waals surface area contributed by atoms with Crippen LogP contribution in [0.25, 0.3) is 0 Å². The molecule has 1 rings (SSSR count). The third kappa shape index (κ3) is 4.69. The Morgan fingerprint density at radius 3 is 2.38 bits per heavy atom. The molecule has 0 saturated carbocycles. The number of benzene rings is 1. The number of sulfonamides is 1. The maximum absolute atomic E-state index is 12.1. The Balaban J connectivity index is 3.11. The summed E-state index contributed by atoms with van der Waals surface area (Å²) >= 11 is 0. The van der Waals surface area contributed by atoms with Crippen molar-refractivity contribution in [3.63, 3.8) is 0 Å². The minimum absolute atomic E-state index is 0.106. The van der Waals surface area contributed by atoms with Crippen molar-refractivity contribution in [1.82, 2.24) is 10.0 Å². The average Bonchev–Trinajstić information content (AvgIpc) is 2.36. The fourth-order valence-electron chi connectivity index (χ4n) is 1.48. The van der Waals surface area contributed by atoms with E-state index in [2.05, 4.69) is 10.0 Å². The highest BCUT2D eigenvalue weighted by Crippen LogP contribution is 2.22. The van der Waals surface area contributed by atoms with Gasteiger partial charge >= 0.3 is 0 Å². The van der Waals surface area contributed by atoms with Crippen LogP contribution in [0.1, 0.15) is 6.92 Å². The summed E-state index contributed by atoms with van der Waals surface area (Å²) in [6.07, 6.45) is 0.955. The smallest absolute Gasteiger partial charge is 0.243 e. The fourth-order valence-corrected chi connectivity index (χ4v) is 3.33. The molecule has 0 aliphatic rings. The molecule has 0 unspecified atom stereocenters. The monoisotopic (exact) mass is 335 g/mol. The van der Waals surface area contributed by atoms with Crippen molar-refractivity contribution in [3.05, 3.63) is 18.2 Å². The van der Waals surface area contributed by atoms with E-state index in [1.165, 1.54) is 12.1 Å². The van der Waals surface area contributed by atoms with E-state index in [4.69, 9.17) is 5.73 Å². The Bertz CT molecular complexity index is 741. The van der Waals surface area contributed by atoms with E-state index in [-0.39, 0.29) is 15.5 Å². The summed E-state index contributed by atoms with van der Waals surface area (Å²) in [5, 5.41) is 2.43. The number of nitrogens with two attached hydrogens (primary N) is 1. The molecule has 10 heteroatoms. The van der Waals surface area contributed by atoms with Gasteiger partial charge in [-0.1, -0.05) is 0 Å². The molecule has 0 fully saturated rings. The van der Waals surface area contributed by atoms with E-state index in [1.54, 1.807) is 6.92 Å². The molecule has 0 heterocycles.